The van der Waals surface area contributed by atoms with E-state index in [2.05, 4.69) is 43.6 Å². The molecule has 1 fully saturated rings. The van der Waals surface area contributed by atoms with Gasteiger partial charge in [0.1, 0.15) is 17.5 Å². The Morgan fingerprint density at radius 2 is 2.05 bits per heavy atom. The van der Waals surface area contributed by atoms with Crippen LogP contribution in [0, 0.1) is 0 Å². The van der Waals surface area contributed by atoms with E-state index >= 15 is 0 Å². The van der Waals surface area contributed by atoms with Crippen molar-refractivity contribution >= 4 is 27.5 Å². The van der Waals surface area contributed by atoms with Crippen LogP contribution in [0.4, 0.5) is 0 Å². The van der Waals surface area contributed by atoms with E-state index in [0.29, 0.717) is 5.02 Å². The van der Waals surface area contributed by atoms with Crippen molar-refractivity contribution in [2.45, 2.75) is 56.8 Å². The first-order valence-corrected chi connectivity index (χ1v) is 7.95. The molecule has 0 amide bonds. The van der Waals surface area contributed by atoms with E-state index in [-0.39, 0.29) is 17.3 Å². The molecule has 1 atom stereocenters. The van der Waals surface area contributed by atoms with Gasteiger partial charge in [0.05, 0.1) is 10.6 Å². The fraction of sp³-hybridized carbons (Fsp3) is 0.600. The quantitative estimate of drug-likeness (QED) is 0.719. The Morgan fingerprint density at radius 3 is 2.53 bits per heavy atom. The van der Waals surface area contributed by atoms with Crippen LogP contribution in [0.25, 0.3) is 0 Å². The van der Waals surface area contributed by atoms with Crippen LogP contribution < -0.4 is 4.74 Å². The van der Waals surface area contributed by atoms with Gasteiger partial charge in [-0.25, -0.2) is 0 Å². The first kappa shape index (κ1) is 15.1. The summed E-state index contributed by atoms with van der Waals surface area (Å²) in [5, 5.41) is 1.44. The largest absolute Gasteiger partial charge is 0.486 e. The Labute approximate surface area is 128 Å². The summed E-state index contributed by atoms with van der Waals surface area (Å²) in [5.41, 5.74) is 0.678. The van der Waals surface area contributed by atoms with Crippen molar-refractivity contribution < 1.29 is 9.47 Å². The summed E-state index contributed by atoms with van der Waals surface area (Å²) < 4.78 is 12.1. The summed E-state index contributed by atoms with van der Waals surface area (Å²) in [6.07, 6.45) is 0.867. The van der Waals surface area contributed by atoms with E-state index in [9.17, 15) is 0 Å². The lowest BCUT2D eigenvalue weighted by molar-refractivity contribution is -0.0845. The van der Waals surface area contributed by atoms with Crippen molar-refractivity contribution in [2.75, 3.05) is 0 Å². The van der Waals surface area contributed by atoms with Crippen molar-refractivity contribution in [3.8, 4) is 5.75 Å². The molecule has 0 aromatic heterocycles. The van der Waals surface area contributed by atoms with Gasteiger partial charge in [-0.2, -0.15) is 0 Å². The molecule has 106 valence electrons. The van der Waals surface area contributed by atoms with Crippen LogP contribution in [0.2, 0.25) is 5.02 Å². The third-order valence-electron chi connectivity index (χ3n) is 3.41. The number of benzene rings is 1. The fourth-order valence-electron chi connectivity index (χ4n) is 2.57. The monoisotopic (exact) mass is 346 g/mol. The second kappa shape index (κ2) is 5.27. The van der Waals surface area contributed by atoms with Gasteiger partial charge in [-0.15, -0.1) is 0 Å². The van der Waals surface area contributed by atoms with Gasteiger partial charge < -0.3 is 9.47 Å². The average molecular weight is 348 g/mol. The minimum atomic E-state index is -0.305. The van der Waals surface area contributed by atoms with Gasteiger partial charge in [-0.05, 0) is 45.4 Å². The number of hydrogen-bond donors (Lipinski definition) is 0. The number of alkyl halides is 1. The maximum absolute atomic E-state index is 6.26. The summed E-state index contributed by atoms with van der Waals surface area (Å²) in [7, 11) is 0. The molecule has 0 saturated carbocycles. The number of ether oxygens (including phenoxy) is 2. The van der Waals surface area contributed by atoms with Crippen LogP contribution in [-0.2, 0) is 10.1 Å². The van der Waals surface area contributed by atoms with Gasteiger partial charge in [0.2, 0.25) is 0 Å². The lowest BCUT2D eigenvalue weighted by Crippen LogP contribution is -2.36. The lowest BCUT2D eigenvalue weighted by Gasteiger charge is -2.27. The Morgan fingerprint density at radius 1 is 1.37 bits per heavy atom. The second-order valence-electron chi connectivity index (χ2n) is 6.17. The minimum Gasteiger partial charge on any atom is -0.486 e. The molecule has 1 aliphatic rings. The van der Waals surface area contributed by atoms with Gasteiger partial charge >= 0.3 is 0 Å². The highest BCUT2D eigenvalue weighted by Crippen LogP contribution is 2.40. The first-order chi connectivity index (χ1) is 8.73. The third kappa shape index (κ3) is 3.45. The molecule has 1 aromatic carbocycles. The molecule has 2 nitrogen and oxygen atoms in total. The summed E-state index contributed by atoms with van der Waals surface area (Å²) in [5.74, 6) is 0.728. The Bertz CT molecular complexity index is 471. The van der Waals surface area contributed by atoms with E-state index < -0.39 is 0 Å². The molecule has 0 spiro atoms. The molecule has 1 saturated heterocycles. The maximum atomic E-state index is 6.26. The smallest absolute Gasteiger partial charge is 0.138 e. The molecule has 0 radical (unpaired) electrons. The molecule has 1 aliphatic heterocycles. The summed E-state index contributed by atoms with van der Waals surface area (Å²) in [6, 6.07) is 5.88. The number of rotatable bonds is 3. The summed E-state index contributed by atoms with van der Waals surface area (Å²) >= 11 is 9.68. The van der Waals surface area contributed by atoms with Gasteiger partial charge in [-0.3, -0.25) is 0 Å². The molecule has 19 heavy (non-hydrogen) atoms. The maximum Gasteiger partial charge on any atom is 0.138 e. The molecule has 4 heteroatoms. The Hall–Kier alpha value is -0.250. The van der Waals surface area contributed by atoms with Crippen LogP contribution >= 0.6 is 27.5 Å². The predicted molar refractivity (Wildman–Crippen MR) is 82.4 cm³/mol. The highest BCUT2D eigenvalue weighted by atomic mass is 79.9. The summed E-state index contributed by atoms with van der Waals surface area (Å²) in [4.78, 5) is 0. The predicted octanol–water partition coefficient (Wildman–Crippen LogP) is 4.96. The molecule has 2 rings (SSSR count). The van der Waals surface area contributed by atoms with E-state index in [1.165, 1.54) is 0 Å². The molecule has 0 N–H and O–H groups in total. The van der Waals surface area contributed by atoms with E-state index in [0.717, 1.165) is 23.1 Å². The van der Waals surface area contributed by atoms with Crippen molar-refractivity contribution in [3.63, 3.8) is 0 Å². The topological polar surface area (TPSA) is 18.5 Å². The third-order valence-corrected chi connectivity index (χ3v) is 4.35. The standard InChI is InChI=1S/C15H20BrClO2/c1-14(2)8-13(15(3,4)19-14)18-12-6-5-10(9-16)7-11(12)17/h5-7,13H,8-9H2,1-4H3. The first-order valence-electron chi connectivity index (χ1n) is 6.45. The van der Waals surface area contributed by atoms with Gasteiger partial charge in [-0.1, -0.05) is 33.6 Å². The molecule has 1 heterocycles. The zero-order valence-electron chi connectivity index (χ0n) is 11.8. The van der Waals surface area contributed by atoms with E-state index in [1.807, 2.05) is 18.2 Å². The van der Waals surface area contributed by atoms with Crippen LogP contribution in [-0.4, -0.2) is 17.3 Å². The SMILES string of the molecule is CC1(C)CC(Oc2ccc(CBr)cc2Cl)C(C)(C)O1. The molecule has 0 aliphatic carbocycles. The molecule has 1 aromatic rings. The highest BCUT2D eigenvalue weighted by molar-refractivity contribution is 9.08. The minimum absolute atomic E-state index is 0.00909. The Balaban J connectivity index is 2.18. The van der Waals surface area contributed by atoms with Gasteiger partial charge in [0, 0.05) is 11.8 Å². The van der Waals surface area contributed by atoms with Crippen LogP contribution in [0.5, 0.6) is 5.75 Å². The molecular weight excluding hydrogens is 328 g/mol. The van der Waals surface area contributed by atoms with Crippen molar-refractivity contribution in [3.05, 3.63) is 28.8 Å². The van der Waals surface area contributed by atoms with Gasteiger partial charge in [0.15, 0.2) is 0 Å². The highest BCUT2D eigenvalue weighted by Gasteiger charge is 2.47. The van der Waals surface area contributed by atoms with Crippen molar-refractivity contribution in [1.82, 2.24) is 0 Å². The molecule has 0 bridgehead atoms. The van der Waals surface area contributed by atoms with Crippen LogP contribution in [0.1, 0.15) is 39.7 Å². The number of halogens is 2. The normalized spacial score (nSPS) is 24.4. The zero-order chi connectivity index (χ0) is 14.3. The second-order valence-corrected chi connectivity index (χ2v) is 7.14. The number of hydrogen-bond acceptors (Lipinski definition) is 2. The van der Waals surface area contributed by atoms with Crippen molar-refractivity contribution in [1.29, 1.82) is 0 Å². The lowest BCUT2D eigenvalue weighted by atomic mass is 9.97. The Kier molecular flexibility index (Phi) is 4.20. The molecule has 1 unspecified atom stereocenters. The fourth-order valence-corrected chi connectivity index (χ4v) is 3.17. The van der Waals surface area contributed by atoms with Gasteiger partial charge in [0.25, 0.3) is 0 Å². The average Bonchev–Trinajstić information content (AvgIpc) is 2.49. The van der Waals surface area contributed by atoms with Crippen LogP contribution in [0.3, 0.4) is 0 Å². The molecular formula is C15H20BrClO2. The van der Waals surface area contributed by atoms with Crippen LogP contribution in [0.15, 0.2) is 18.2 Å². The van der Waals surface area contributed by atoms with Crippen molar-refractivity contribution in [2.24, 2.45) is 0 Å². The van der Waals surface area contributed by atoms with E-state index in [4.69, 9.17) is 21.1 Å². The summed E-state index contributed by atoms with van der Waals surface area (Å²) in [6.45, 7) is 8.31. The zero-order valence-corrected chi connectivity index (χ0v) is 14.1. The van der Waals surface area contributed by atoms with E-state index in [1.54, 1.807) is 0 Å².